The van der Waals surface area contributed by atoms with Gasteiger partial charge in [-0.25, -0.2) is 8.42 Å². The van der Waals surface area contributed by atoms with Gasteiger partial charge >= 0.3 is 0 Å². The minimum atomic E-state index is -3.74. The number of ketones is 1. The number of carbonyl (C=O) groups excluding carboxylic acids is 2. The van der Waals surface area contributed by atoms with E-state index in [0.29, 0.717) is 48.8 Å². The van der Waals surface area contributed by atoms with E-state index in [-0.39, 0.29) is 29.5 Å². The second-order valence-electron chi connectivity index (χ2n) is 7.94. The maximum absolute atomic E-state index is 13.2. The summed E-state index contributed by atoms with van der Waals surface area (Å²) in [6.45, 7) is 3.02. The van der Waals surface area contributed by atoms with Gasteiger partial charge in [0.15, 0.2) is 5.78 Å². The molecule has 4 rings (SSSR count). The van der Waals surface area contributed by atoms with Crippen molar-refractivity contribution in [3.8, 4) is 5.75 Å². The molecule has 0 spiro atoms. The van der Waals surface area contributed by atoms with Crippen molar-refractivity contribution >= 4 is 27.4 Å². The van der Waals surface area contributed by atoms with Gasteiger partial charge in [0.05, 0.1) is 30.9 Å². The topological polar surface area (TPSA) is 118 Å². The van der Waals surface area contributed by atoms with E-state index in [9.17, 15) is 18.0 Å². The van der Waals surface area contributed by atoms with Crippen molar-refractivity contribution in [3.05, 3.63) is 40.7 Å². The summed E-state index contributed by atoms with van der Waals surface area (Å²) in [6.07, 6.45) is 2.73. The predicted octanol–water partition coefficient (Wildman–Crippen LogP) is 2.51. The molecule has 1 aliphatic heterocycles. The molecule has 1 aromatic carbocycles. The van der Waals surface area contributed by atoms with Crippen LogP contribution in [0.2, 0.25) is 0 Å². The number of benzene rings is 1. The molecule has 2 heterocycles. The third-order valence-corrected chi connectivity index (χ3v) is 7.80. The molecule has 0 radical (unpaired) electrons. The van der Waals surface area contributed by atoms with Gasteiger partial charge in [0, 0.05) is 30.8 Å². The van der Waals surface area contributed by atoms with Gasteiger partial charge in [-0.3, -0.25) is 9.59 Å². The quantitative estimate of drug-likeness (QED) is 0.661. The van der Waals surface area contributed by atoms with Crippen molar-refractivity contribution in [1.82, 2.24) is 9.29 Å². The molecule has 10 heteroatoms. The number of aromatic nitrogens is 1. The van der Waals surface area contributed by atoms with Crippen LogP contribution < -0.4 is 10.1 Å². The summed E-state index contributed by atoms with van der Waals surface area (Å²) in [6, 6.07) is 4.39. The summed E-state index contributed by atoms with van der Waals surface area (Å²) in [5.41, 5.74) is 2.57. The Kier molecular flexibility index (Phi) is 6.36. The highest BCUT2D eigenvalue weighted by atomic mass is 32.2. The molecule has 0 atom stereocenters. The Hall–Kier alpha value is -2.69. The summed E-state index contributed by atoms with van der Waals surface area (Å²) >= 11 is 0. The van der Waals surface area contributed by atoms with Crippen LogP contribution in [0.15, 0.2) is 23.1 Å². The molecule has 2 aliphatic rings. The number of anilines is 1. The van der Waals surface area contributed by atoms with Gasteiger partial charge < -0.3 is 19.8 Å². The smallest absolute Gasteiger partial charge is 0.272 e. The molecular weight excluding hydrogens is 434 g/mol. The Morgan fingerprint density at radius 2 is 1.91 bits per heavy atom. The Morgan fingerprint density at radius 1 is 1.19 bits per heavy atom. The van der Waals surface area contributed by atoms with Gasteiger partial charge in [-0.2, -0.15) is 4.31 Å². The molecule has 1 amide bonds. The number of methoxy groups -OCH3 is 1. The van der Waals surface area contributed by atoms with Crippen LogP contribution in [0.5, 0.6) is 5.75 Å². The Morgan fingerprint density at radius 3 is 2.62 bits per heavy atom. The van der Waals surface area contributed by atoms with Gasteiger partial charge in [-0.1, -0.05) is 0 Å². The van der Waals surface area contributed by atoms with E-state index in [0.717, 1.165) is 18.4 Å². The highest BCUT2D eigenvalue weighted by Crippen LogP contribution is 2.31. The largest absolute Gasteiger partial charge is 0.495 e. The molecular formula is C22H27N3O6S. The summed E-state index contributed by atoms with van der Waals surface area (Å²) in [5, 5.41) is 2.78. The molecule has 1 fully saturated rings. The summed E-state index contributed by atoms with van der Waals surface area (Å²) in [4.78, 5) is 28.8. The molecule has 0 bridgehead atoms. The third-order valence-electron chi connectivity index (χ3n) is 5.90. The number of ether oxygens (including phenoxy) is 2. The van der Waals surface area contributed by atoms with Crippen LogP contribution in [0, 0.1) is 6.92 Å². The highest BCUT2D eigenvalue weighted by molar-refractivity contribution is 7.89. The van der Waals surface area contributed by atoms with E-state index in [1.54, 1.807) is 6.92 Å². The number of rotatable bonds is 5. The lowest BCUT2D eigenvalue weighted by molar-refractivity contribution is 0.0730. The zero-order valence-corrected chi connectivity index (χ0v) is 19.0. The van der Waals surface area contributed by atoms with E-state index in [4.69, 9.17) is 9.47 Å². The number of H-pyrrole nitrogens is 1. The number of sulfonamides is 1. The fourth-order valence-corrected chi connectivity index (χ4v) is 5.71. The number of fused-ring (bicyclic) bond motifs is 1. The molecule has 0 unspecified atom stereocenters. The Bertz CT molecular complexity index is 1150. The fourth-order valence-electron chi connectivity index (χ4n) is 4.28. The number of nitrogens with zero attached hydrogens (tertiary/aromatic N) is 1. The van der Waals surface area contributed by atoms with Gasteiger partial charge in [-0.15, -0.1) is 0 Å². The van der Waals surface area contributed by atoms with Crippen LogP contribution in [0.1, 0.15) is 51.4 Å². The number of morpholine rings is 1. The van der Waals surface area contributed by atoms with E-state index in [1.165, 1.54) is 29.6 Å². The van der Waals surface area contributed by atoms with E-state index >= 15 is 0 Å². The van der Waals surface area contributed by atoms with Gasteiger partial charge in [0.25, 0.3) is 5.91 Å². The lowest BCUT2D eigenvalue weighted by atomic mass is 10.0. The predicted molar refractivity (Wildman–Crippen MR) is 118 cm³/mol. The van der Waals surface area contributed by atoms with Crippen molar-refractivity contribution in [1.29, 1.82) is 0 Å². The van der Waals surface area contributed by atoms with E-state index in [1.807, 2.05) is 0 Å². The second kappa shape index (κ2) is 9.05. The molecule has 1 aromatic heterocycles. The van der Waals surface area contributed by atoms with E-state index < -0.39 is 15.9 Å². The molecule has 2 aromatic rings. The van der Waals surface area contributed by atoms with Gasteiger partial charge in [0.1, 0.15) is 11.4 Å². The highest BCUT2D eigenvalue weighted by Gasteiger charge is 2.29. The molecule has 32 heavy (non-hydrogen) atoms. The molecule has 172 valence electrons. The lowest BCUT2D eigenvalue weighted by Crippen LogP contribution is -2.40. The zero-order chi connectivity index (χ0) is 22.9. The lowest BCUT2D eigenvalue weighted by Gasteiger charge is -2.26. The minimum absolute atomic E-state index is 0.0430. The Balaban J connectivity index is 1.66. The number of amides is 1. The van der Waals surface area contributed by atoms with Crippen LogP contribution in [-0.2, 0) is 21.2 Å². The number of nitrogens with one attached hydrogen (secondary N) is 2. The van der Waals surface area contributed by atoms with Crippen LogP contribution in [0.3, 0.4) is 0 Å². The van der Waals surface area contributed by atoms with Crippen molar-refractivity contribution in [2.45, 2.75) is 37.5 Å². The van der Waals surface area contributed by atoms with Crippen molar-refractivity contribution in [2.75, 3.05) is 38.7 Å². The number of Topliss-reactive ketones (excluding diaryl/α,β-unsaturated/α-hetero) is 1. The van der Waals surface area contributed by atoms with Gasteiger partial charge in [0.2, 0.25) is 10.0 Å². The minimum Gasteiger partial charge on any atom is -0.495 e. The maximum Gasteiger partial charge on any atom is 0.272 e. The summed E-state index contributed by atoms with van der Waals surface area (Å²) in [7, 11) is -2.29. The van der Waals surface area contributed by atoms with Gasteiger partial charge in [-0.05, 0) is 49.9 Å². The average molecular weight is 462 g/mol. The van der Waals surface area contributed by atoms with Crippen LogP contribution in [0.25, 0.3) is 0 Å². The first-order valence-electron chi connectivity index (χ1n) is 10.6. The zero-order valence-electron chi connectivity index (χ0n) is 18.2. The molecule has 9 nitrogen and oxygen atoms in total. The third kappa shape index (κ3) is 4.17. The standard InChI is InChI=1S/C22H27N3O6S/c1-14-20-16(5-3-4-6-18(20)26)21(23-14)22(27)24-17-13-15(7-8-19(17)30-2)32(28,29)25-9-11-31-12-10-25/h7-8,13,23H,3-6,9-12H2,1-2H3,(H,24,27). The van der Waals surface area contributed by atoms with Crippen LogP contribution >= 0.6 is 0 Å². The SMILES string of the molecule is COc1ccc(S(=O)(=O)N2CCOCC2)cc1NC(=O)c1[nH]c(C)c2c1CCCCC2=O. The normalized spacial score (nSPS) is 17.5. The first-order chi connectivity index (χ1) is 15.3. The Labute approximate surface area is 187 Å². The molecule has 1 aliphatic carbocycles. The van der Waals surface area contributed by atoms with Crippen molar-refractivity contribution < 1.29 is 27.5 Å². The average Bonchev–Trinajstić information content (AvgIpc) is 3.00. The molecule has 1 saturated heterocycles. The second-order valence-corrected chi connectivity index (χ2v) is 9.88. The maximum atomic E-state index is 13.2. The van der Waals surface area contributed by atoms with Crippen molar-refractivity contribution in [2.24, 2.45) is 0 Å². The van der Waals surface area contributed by atoms with Crippen LogP contribution in [0.4, 0.5) is 5.69 Å². The first kappa shape index (κ1) is 22.5. The number of hydrogen-bond donors (Lipinski definition) is 2. The van der Waals surface area contributed by atoms with Crippen LogP contribution in [-0.4, -0.2) is 62.8 Å². The summed E-state index contributed by atoms with van der Waals surface area (Å²) < 4.78 is 38.0. The first-order valence-corrected chi connectivity index (χ1v) is 12.1. The number of carbonyl (C=O) groups is 2. The number of hydrogen-bond acceptors (Lipinski definition) is 6. The number of aromatic amines is 1. The number of aryl methyl sites for hydroxylation is 1. The van der Waals surface area contributed by atoms with E-state index in [2.05, 4.69) is 10.3 Å². The fraction of sp³-hybridized carbons (Fsp3) is 0.455. The van der Waals surface area contributed by atoms with Crippen molar-refractivity contribution in [3.63, 3.8) is 0 Å². The monoisotopic (exact) mass is 461 g/mol. The summed E-state index contributed by atoms with van der Waals surface area (Å²) in [5.74, 6) is -0.0607. The molecule has 2 N–H and O–H groups in total. The molecule has 0 saturated carbocycles.